The molecule has 3 N–H and O–H groups in total. The van der Waals surface area contributed by atoms with Gasteiger partial charge in [0.1, 0.15) is 5.75 Å². The summed E-state index contributed by atoms with van der Waals surface area (Å²) in [7, 11) is 0. The molecular weight excluding hydrogens is 320 g/mol. The van der Waals surface area contributed by atoms with Crippen molar-refractivity contribution in [3.8, 4) is 11.8 Å². The Hall–Kier alpha value is -2.96. The standard InChI is InChI=1S/C18H18N4O3/c1-10-7-12(3-4-13(10)25-17-20-5-2-6-21-17)22-15(23)14-11-8-18(14,9-11)16(19)24/h2-7,11,14H,8-9H2,1H3,(H2,19,24)(H,22,23). The Bertz CT molecular complexity index is 847. The molecular formula is C18H18N4O3. The van der Waals surface area contributed by atoms with Gasteiger partial charge in [-0.05, 0) is 55.5 Å². The summed E-state index contributed by atoms with van der Waals surface area (Å²) in [5.74, 6) is 0.105. The highest BCUT2D eigenvalue weighted by Crippen LogP contribution is 2.68. The number of hydrogen-bond acceptors (Lipinski definition) is 5. The van der Waals surface area contributed by atoms with Gasteiger partial charge in [0, 0.05) is 18.1 Å². The molecule has 2 bridgehead atoms. The van der Waals surface area contributed by atoms with Crippen LogP contribution in [0.5, 0.6) is 11.8 Å². The van der Waals surface area contributed by atoms with Crippen LogP contribution in [-0.2, 0) is 9.59 Å². The number of aryl methyl sites for hydroxylation is 1. The van der Waals surface area contributed by atoms with Crippen LogP contribution >= 0.6 is 0 Å². The fourth-order valence-electron chi connectivity index (χ4n) is 3.81. The van der Waals surface area contributed by atoms with Crippen LogP contribution in [-0.4, -0.2) is 21.8 Å². The first kappa shape index (κ1) is 15.6. The van der Waals surface area contributed by atoms with Crippen molar-refractivity contribution in [2.75, 3.05) is 5.32 Å². The van der Waals surface area contributed by atoms with E-state index in [9.17, 15) is 9.59 Å². The molecule has 128 valence electrons. The molecule has 3 aliphatic carbocycles. The van der Waals surface area contributed by atoms with Gasteiger partial charge in [-0.3, -0.25) is 9.59 Å². The van der Waals surface area contributed by atoms with Crippen molar-refractivity contribution < 1.29 is 14.3 Å². The Kier molecular flexibility index (Phi) is 3.45. The molecule has 2 aromatic rings. The lowest BCUT2D eigenvalue weighted by atomic mass is 9.37. The van der Waals surface area contributed by atoms with E-state index in [1.54, 1.807) is 30.6 Å². The lowest BCUT2D eigenvalue weighted by Crippen LogP contribution is -2.70. The van der Waals surface area contributed by atoms with Gasteiger partial charge in [-0.25, -0.2) is 9.97 Å². The first-order valence-electron chi connectivity index (χ1n) is 8.16. The number of anilines is 1. The van der Waals surface area contributed by atoms with Crippen molar-refractivity contribution in [3.63, 3.8) is 0 Å². The van der Waals surface area contributed by atoms with E-state index in [0.717, 1.165) is 18.4 Å². The number of hydrogen-bond donors (Lipinski definition) is 2. The van der Waals surface area contributed by atoms with Crippen LogP contribution < -0.4 is 15.8 Å². The highest BCUT2D eigenvalue weighted by Gasteiger charge is 2.71. The monoisotopic (exact) mass is 338 g/mol. The lowest BCUT2D eigenvalue weighted by molar-refractivity contribution is -0.197. The van der Waals surface area contributed by atoms with Crippen molar-refractivity contribution >= 4 is 17.5 Å². The van der Waals surface area contributed by atoms with E-state index < -0.39 is 5.41 Å². The Morgan fingerprint density at radius 2 is 2.00 bits per heavy atom. The van der Waals surface area contributed by atoms with Crippen molar-refractivity contribution in [2.45, 2.75) is 19.8 Å². The second kappa shape index (κ2) is 5.54. The largest absolute Gasteiger partial charge is 0.424 e. The number of nitrogens with two attached hydrogens (primary N) is 1. The summed E-state index contributed by atoms with van der Waals surface area (Å²) >= 11 is 0. The van der Waals surface area contributed by atoms with Gasteiger partial charge in [-0.1, -0.05) is 0 Å². The number of primary amides is 1. The second-order valence-electron chi connectivity index (χ2n) is 6.77. The van der Waals surface area contributed by atoms with Crippen molar-refractivity contribution in [2.24, 2.45) is 23.0 Å². The Balaban J connectivity index is 1.45. The molecule has 3 fully saturated rings. The summed E-state index contributed by atoms with van der Waals surface area (Å²) in [6.45, 7) is 1.87. The maximum atomic E-state index is 12.5. The highest BCUT2D eigenvalue weighted by molar-refractivity contribution is 6.00. The minimum absolute atomic E-state index is 0.138. The first-order chi connectivity index (χ1) is 12.0. The van der Waals surface area contributed by atoms with Crippen LogP contribution in [0.25, 0.3) is 0 Å². The van der Waals surface area contributed by atoms with Crippen molar-refractivity contribution in [1.29, 1.82) is 0 Å². The Morgan fingerprint density at radius 1 is 1.28 bits per heavy atom. The number of amides is 2. The molecule has 0 radical (unpaired) electrons. The molecule has 7 nitrogen and oxygen atoms in total. The molecule has 5 rings (SSSR count). The molecule has 1 aromatic heterocycles. The summed E-state index contributed by atoms with van der Waals surface area (Å²) in [4.78, 5) is 32.1. The van der Waals surface area contributed by atoms with Gasteiger partial charge in [-0.15, -0.1) is 0 Å². The van der Waals surface area contributed by atoms with Crippen LogP contribution in [0.1, 0.15) is 18.4 Å². The molecule has 2 amide bonds. The van der Waals surface area contributed by atoms with Crippen LogP contribution in [0.4, 0.5) is 5.69 Å². The topological polar surface area (TPSA) is 107 Å². The van der Waals surface area contributed by atoms with E-state index in [4.69, 9.17) is 10.5 Å². The maximum absolute atomic E-state index is 12.5. The molecule has 25 heavy (non-hydrogen) atoms. The average Bonchev–Trinajstić information content (AvgIpc) is 2.48. The third-order valence-corrected chi connectivity index (χ3v) is 5.28. The van der Waals surface area contributed by atoms with E-state index in [1.807, 2.05) is 13.0 Å². The Morgan fingerprint density at radius 3 is 2.56 bits per heavy atom. The van der Waals surface area contributed by atoms with Crippen LogP contribution in [0.15, 0.2) is 36.7 Å². The molecule has 0 spiro atoms. The zero-order valence-corrected chi connectivity index (χ0v) is 13.7. The quantitative estimate of drug-likeness (QED) is 0.867. The first-order valence-corrected chi connectivity index (χ1v) is 8.16. The second-order valence-corrected chi connectivity index (χ2v) is 6.77. The third kappa shape index (κ3) is 2.43. The normalized spacial score (nSPS) is 26.1. The summed E-state index contributed by atoms with van der Waals surface area (Å²) in [6, 6.07) is 7.30. The van der Waals surface area contributed by atoms with Crippen LogP contribution in [0, 0.1) is 24.2 Å². The molecule has 1 unspecified atom stereocenters. The number of nitrogens with one attached hydrogen (secondary N) is 1. The molecule has 7 heteroatoms. The zero-order valence-electron chi connectivity index (χ0n) is 13.7. The molecule has 1 atom stereocenters. The van der Waals surface area contributed by atoms with Gasteiger partial charge in [0.2, 0.25) is 11.8 Å². The maximum Gasteiger partial charge on any atom is 0.321 e. The zero-order chi connectivity index (χ0) is 17.6. The lowest BCUT2D eigenvalue weighted by Gasteiger charge is -2.65. The van der Waals surface area contributed by atoms with Crippen molar-refractivity contribution in [1.82, 2.24) is 9.97 Å². The molecule has 3 aliphatic rings. The fourth-order valence-corrected chi connectivity index (χ4v) is 3.81. The van der Waals surface area contributed by atoms with E-state index in [2.05, 4.69) is 15.3 Å². The van der Waals surface area contributed by atoms with Crippen LogP contribution in [0.2, 0.25) is 0 Å². The number of benzene rings is 1. The van der Waals surface area contributed by atoms with Gasteiger partial charge in [-0.2, -0.15) is 0 Å². The highest BCUT2D eigenvalue weighted by atomic mass is 16.5. The predicted octanol–water partition coefficient (Wildman–Crippen LogP) is 2.03. The summed E-state index contributed by atoms with van der Waals surface area (Å²) in [5, 5.41) is 2.88. The average molecular weight is 338 g/mol. The number of carbonyl (C=O) groups excluding carboxylic acids is 2. The van der Waals surface area contributed by atoms with Crippen LogP contribution in [0.3, 0.4) is 0 Å². The van der Waals surface area contributed by atoms with Gasteiger partial charge >= 0.3 is 6.01 Å². The number of nitrogens with zero attached hydrogens (tertiary/aromatic N) is 2. The van der Waals surface area contributed by atoms with Gasteiger partial charge < -0.3 is 15.8 Å². The minimum Gasteiger partial charge on any atom is -0.424 e. The molecule has 0 aliphatic heterocycles. The molecule has 1 aromatic carbocycles. The summed E-state index contributed by atoms with van der Waals surface area (Å²) in [6.07, 6.45) is 4.68. The SMILES string of the molecule is Cc1cc(NC(=O)C2C3CC2(C(N)=O)C3)ccc1Oc1ncccn1. The van der Waals surface area contributed by atoms with Gasteiger partial charge in [0.25, 0.3) is 0 Å². The smallest absolute Gasteiger partial charge is 0.321 e. The number of aromatic nitrogens is 2. The Labute approximate surface area is 144 Å². The van der Waals surface area contributed by atoms with Gasteiger partial charge in [0.05, 0.1) is 11.3 Å². The van der Waals surface area contributed by atoms with Gasteiger partial charge in [0.15, 0.2) is 0 Å². The predicted molar refractivity (Wildman–Crippen MR) is 89.8 cm³/mol. The third-order valence-electron chi connectivity index (χ3n) is 5.28. The molecule has 3 saturated carbocycles. The minimum atomic E-state index is -0.614. The number of ether oxygens (including phenoxy) is 1. The summed E-state index contributed by atoms with van der Waals surface area (Å²) in [5.41, 5.74) is 6.35. The van der Waals surface area contributed by atoms with E-state index in [0.29, 0.717) is 11.4 Å². The molecule has 0 saturated heterocycles. The molecule has 1 heterocycles. The van der Waals surface area contributed by atoms with Crippen molar-refractivity contribution in [3.05, 3.63) is 42.2 Å². The van der Waals surface area contributed by atoms with E-state index in [1.165, 1.54) is 0 Å². The number of rotatable bonds is 5. The summed E-state index contributed by atoms with van der Waals surface area (Å²) < 4.78 is 5.62. The van der Waals surface area contributed by atoms with E-state index >= 15 is 0 Å². The number of carbonyl (C=O) groups is 2. The van der Waals surface area contributed by atoms with E-state index in [-0.39, 0.29) is 29.7 Å². The fraction of sp³-hybridized carbons (Fsp3) is 0.333.